The quantitative estimate of drug-likeness (QED) is 0.296. The van der Waals surface area contributed by atoms with Crippen molar-refractivity contribution in [3.05, 3.63) is 64.2 Å². The van der Waals surface area contributed by atoms with Crippen LogP contribution in [-0.4, -0.2) is 33.2 Å². The molecular formula is C37H52N2O3. The molecule has 1 aliphatic heterocycles. The smallest absolute Gasteiger partial charge is 0.227 e. The average Bonchev–Trinajstić information content (AvgIpc) is 3.21. The van der Waals surface area contributed by atoms with Gasteiger partial charge < -0.3 is 20.1 Å². The van der Waals surface area contributed by atoms with Gasteiger partial charge in [-0.2, -0.15) is 0 Å². The van der Waals surface area contributed by atoms with Crippen molar-refractivity contribution >= 4 is 17.2 Å². The molecule has 0 bridgehead atoms. The summed E-state index contributed by atoms with van der Waals surface area (Å²) in [6, 6.07) is 11.0. The Morgan fingerprint density at radius 2 is 1.88 bits per heavy atom. The second kappa shape index (κ2) is 14.2. The fourth-order valence-electron chi connectivity index (χ4n) is 8.03. The molecule has 0 saturated heterocycles. The second-order valence-electron chi connectivity index (χ2n) is 13.0. The number of amides is 1. The maximum atomic E-state index is 13.3. The minimum absolute atomic E-state index is 0.0608. The second-order valence-corrected chi connectivity index (χ2v) is 13.0. The summed E-state index contributed by atoms with van der Waals surface area (Å²) in [7, 11) is 3.62. The molecule has 3 unspecified atom stereocenters. The van der Waals surface area contributed by atoms with Gasteiger partial charge >= 0.3 is 0 Å². The standard InChI is InChI=1S/C37H52N2O3/c1-6-8-24(2)32-16-15-30(23-35(32)41-4)39-37(40)28-13-11-27(12-14-28)33-10-7-9-31-25(3)21-29(22-34(31)36(33)42-5)26-17-19-38-20-18-26/h15-17,21-24,27-28,33,36,38H,6-14,18-20H2,1-5H3,(H,39,40). The van der Waals surface area contributed by atoms with E-state index in [1.807, 2.05) is 19.2 Å². The lowest BCUT2D eigenvalue weighted by Gasteiger charge is -2.37. The first-order chi connectivity index (χ1) is 20.4. The summed E-state index contributed by atoms with van der Waals surface area (Å²) in [6.45, 7) is 8.74. The highest BCUT2D eigenvalue weighted by Gasteiger charge is 2.37. The summed E-state index contributed by atoms with van der Waals surface area (Å²) in [5.41, 5.74) is 9.21. The van der Waals surface area contributed by atoms with Crippen molar-refractivity contribution in [3.8, 4) is 5.75 Å². The molecule has 5 rings (SSSR count). The van der Waals surface area contributed by atoms with Gasteiger partial charge in [-0.1, -0.05) is 38.5 Å². The van der Waals surface area contributed by atoms with Gasteiger partial charge in [-0.15, -0.1) is 0 Å². The van der Waals surface area contributed by atoms with E-state index in [0.717, 1.165) is 75.9 Å². The van der Waals surface area contributed by atoms with Crippen LogP contribution in [0.1, 0.15) is 111 Å². The van der Waals surface area contributed by atoms with Gasteiger partial charge in [0.1, 0.15) is 5.75 Å². The van der Waals surface area contributed by atoms with Gasteiger partial charge in [-0.3, -0.25) is 4.79 Å². The monoisotopic (exact) mass is 572 g/mol. The van der Waals surface area contributed by atoms with E-state index in [2.05, 4.69) is 55.7 Å². The van der Waals surface area contributed by atoms with Crippen LogP contribution in [0.25, 0.3) is 5.57 Å². The summed E-state index contributed by atoms with van der Waals surface area (Å²) in [6.07, 6.45) is 13.4. The fourth-order valence-corrected chi connectivity index (χ4v) is 8.03. The van der Waals surface area contributed by atoms with Crippen LogP contribution in [-0.2, 0) is 16.0 Å². The SMILES string of the molecule is CCCC(C)c1ccc(NC(=O)C2CCC(C3CCCc4c(C)cc(C5=CCNCC5)cc4C3OC)CC2)cc1OC. The third-order valence-electron chi connectivity index (χ3n) is 10.4. The molecule has 0 spiro atoms. The minimum atomic E-state index is 0.0608. The van der Waals surface area contributed by atoms with Gasteiger partial charge in [0.15, 0.2) is 0 Å². The minimum Gasteiger partial charge on any atom is -0.496 e. The van der Waals surface area contributed by atoms with Crippen LogP contribution in [0.5, 0.6) is 5.75 Å². The molecule has 2 N–H and O–H groups in total. The number of hydrogen-bond acceptors (Lipinski definition) is 4. The molecule has 1 heterocycles. The van der Waals surface area contributed by atoms with Crippen molar-refractivity contribution in [2.75, 3.05) is 32.6 Å². The van der Waals surface area contributed by atoms with Crippen LogP contribution in [0.4, 0.5) is 5.69 Å². The van der Waals surface area contributed by atoms with E-state index in [1.165, 1.54) is 46.2 Å². The number of fused-ring (bicyclic) bond motifs is 1. The van der Waals surface area contributed by atoms with Gasteiger partial charge in [0.25, 0.3) is 0 Å². The van der Waals surface area contributed by atoms with Crippen LogP contribution < -0.4 is 15.4 Å². The van der Waals surface area contributed by atoms with Crippen molar-refractivity contribution in [1.82, 2.24) is 5.32 Å². The summed E-state index contributed by atoms with van der Waals surface area (Å²) in [5.74, 6) is 2.60. The summed E-state index contributed by atoms with van der Waals surface area (Å²) >= 11 is 0. The van der Waals surface area contributed by atoms with Gasteiger partial charge in [0.2, 0.25) is 5.91 Å². The molecule has 0 radical (unpaired) electrons. The Hall–Kier alpha value is -2.63. The molecule has 1 amide bonds. The van der Waals surface area contributed by atoms with Crippen LogP contribution in [0.15, 0.2) is 36.4 Å². The Labute approximate surface area is 253 Å². The third kappa shape index (κ3) is 6.78. The molecule has 1 saturated carbocycles. The number of carbonyl (C=O) groups excluding carboxylic acids is 1. The predicted molar refractivity (Wildman–Crippen MR) is 173 cm³/mol. The summed E-state index contributed by atoms with van der Waals surface area (Å²) < 4.78 is 12.1. The molecule has 5 heteroatoms. The lowest BCUT2D eigenvalue weighted by atomic mass is 9.71. The zero-order valence-corrected chi connectivity index (χ0v) is 26.6. The van der Waals surface area contributed by atoms with Crippen molar-refractivity contribution in [2.45, 2.75) is 97.0 Å². The van der Waals surface area contributed by atoms with Gasteiger partial charge in [0, 0.05) is 31.3 Å². The fraction of sp³-hybridized carbons (Fsp3) is 0.595. The Kier molecular flexibility index (Phi) is 10.4. The highest BCUT2D eigenvalue weighted by Crippen LogP contribution is 2.46. The van der Waals surface area contributed by atoms with E-state index in [4.69, 9.17) is 9.47 Å². The van der Waals surface area contributed by atoms with Crippen molar-refractivity contribution < 1.29 is 14.3 Å². The molecule has 3 atom stereocenters. The maximum Gasteiger partial charge on any atom is 0.227 e. The third-order valence-corrected chi connectivity index (χ3v) is 10.4. The topological polar surface area (TPSA) is 59.6 Å². The van der Waals surface area contributed by atoms with E-state index in [1.54, 1.807) is 7.11 Å². The van der Waals surface area contributed by atoms with Crippen LogP contribution >= 0.6 is 0 Å². The van der Waals surface area contributed by atoms with Crippen molar-refractivity contribution in [1.29, 1.82) is 0 Å². The number of methoxy groups -OCH3 is 2. The largest absolute Gasteiger partial charge is 0.496 e. The van der Waals surface area contributed by atoms with E-state index < -0.39 is 0 Å². The molecule has 5 nitrogen and oxygen atoms in total. The predicted octanol–water partition coefficient (Wildman–Crippen LogP) is 8.37. The molecule has 42 heavy (non-hydrogen) atoms. The molecule has 2 aromatic rings. The van der Waals surface area contributed by atoms with E-state index in [9.17, 15) is 4.79 Å². The van der Waals surface area contributed by atoms with Gasteiger partial charge in [-0.05, 0) is 135 Å². The molecule has 0 aromatic heterocycles. The van der Waals surface area contributed by atoms with E-state index >= 15 is 0 Å². The molecule has 2 aliphatic carbocycles. The van der Waals surface area contributed by atoms with Crippen LogP contribution in [0.3, 0.4) is 0 Å². The molecule has 228 valence electrons. The molecule has 3 aliphatic rings. The Morgan fingerprint density at radius 1 is 1.07 bits per heavy atom. The number of aryl methyl sites for hydroxylation is 1. The molecule has 2 aromatic carbocycles. The Morgan fingerprint density at radius 3 is 2.57 bits per heavy atom. The Balaban J connectivity index is 1.25. The summed E-state index contributed by atoms with van der Waals surface area (Å²) in [4.78, 5) is 13.3. The first-order valence-corrected chi connectivity index (χ1v) is 16.5. The average molecular weight is 573 g/mol. The van der Waals surface area contributed by atoms with Crippen LogP contribution in [0, 0.1) is 24.7 Å². The van der Waals surface area contributed by atoms with Crippen LogP contribution in [0.2, 0.25) is 0 Å². The first kappa shape index (κ1) is 30.8. The first-order valence-electron chi connectivity index (χ1n) is 16.5. The van der Waals surface area contributed by atoms with Gasteiger partial charge in [0.05, 0.1) is 13.2 Å². The van der Waals surface area contributed by atoms with Crippen molar-refractivity contribution in [3.63, 3.8) is 0 Å². The number of ether oxygens (including phenoxy) is 2. The normalized spacial score (nSPS) is 25.1. The lowest BCUT2D eigenvalue weighted by molar-refractivity contribution is -0.121. The van der Waals surface area contributed by atoms with E-state index in [0.29, 0.717) is 17.8 Å². The molecule has 1 fully saturated rings. The maximum absolute atomic E-state index is 13.3. The number of hydrogen-bond donors (Lipinski definition) is 2. The number of rotatable bonds is 9. The number of nitrogens with one attached hydrogen (secondary N) is 2. The Bertz CT molecular complexity index is 1260. The molecular weight excluding hydrogens is 520 g/mol. The highest BCUT2D eigenvalue weighted by atomic mass is 16.5. The van der Waals surface area contributed by atoms with E-state index in [-0.39, 0.29) is 17.9 Å². The summed E-state index contributed by atoms with van der Waals surface area (Å²) in [5, 5.41) is 6.66. The highest BCUT2D eigenvalue weighted by molar-refractivity contribution is 5.92. The number of benzene rings is 2. The van der Waals surface area contributed by atoms with Gasteiger partial charge in [-0.25, -0.2) is 0 Å². The number of carbonyl (C=O) groups is 1. The van der Waals surface area contributed by atoms with Crippen molar-refractivity contribution in [2.24, 2.45) is 17.8 Å². The zero-order valence-electron chi connectivity index (χ0n) is 26.6. The zero-order chi connectivity index (χ0) is 29.6. The number of anilines is 1. The lowest BCUT2D eigenvalue weighted by Crippen LogP contribution is -2.31.